The van der Waals surface area contributed by atoms with Crippen molar-refractivity contribution in [3.63, 3.8) is 0 Å². The Balaban J connectivity index is 1.63. The van der Waals surface area contributed by atoms with E-state index in [1.54, 1.807) is 55.4 Å². The van der Waals surface area contributed by atoms with E-state index in [1.165, 1.54) is 4.90 Å². The smallest absolute Gasteiger partial charge is 0.327 e. The summed E-state index contributed by atoms with van der Waals surface area (Å²) in [5, 5.41) is 26.6. The van der Waals surface area contributed by atoms with Gasteiger partial charge in [-0.3, -0.25) is 33.8 Å². The molecule has 2 aromatic carbocycles. The van der Waals surface area contributed by atoms with E-state index in [-0.39, 0.29) is 62.0 Å². The van der Waals surface area contributed by atoms with E-state index in [0.29, 0.717) is 33.2 Å². The molecule has 15 heteroatoms. The number of aromatic nitrogens is 1. The summed E-state index contributed by atoms with van der Waals surface area (Å²) in [7, 11) is 3.23. The number of anilines is 2. The number of likely N-dealkylation sites (N-methyl/N-ethyl adjacent to an activating group) is 2. The van der Waals surface area contributed by atoms with Crippen LogP contribution in [-0.2, 0) is 24.0 Å². The predicted octanol–water partition coefficient (Wildman–Crippen LogP) is 0.786. The fourth-order valence-electron chi connectivity index (χ4n) is 4.23. The van der Waals surface area contributed by atoms with Crippen molar-refractivity contribution in [3.05, 3.63) is 46.6 Å². The van der Waals surface area contributed by atoms with E-state index in [4.69, 9.17) is 10.2 Å². The minimum atomic E-state index is -1.18. The van der Waals surface area contributed by atoms with Gasteiger partial charge >= 0.3 is 11.9 Å². The van der Waals surface area contributed by atoms with Gasteiger partial charge in [0.15, 0.2) is 5.43 Å². The largest absolute Gasteiger partial charge is 0.480 e. The van der Waals surface area contributed by atoms with Crippen LogP contribution < -0.4 is 21.4 Å². The molecule has 43 heavy (non-hydrogen) atoms. The van der Waals surface area contributed by atoms with Crippen molar-refractivity contribution in [1.29, 1.82) is 0 Å². The molecular formula is C28H34N6O8S. The van der Waals surface area contributed by atoms with Crippen LogP contribution >= 0.6 is 12.6 Å². The fraction of sp³-hybridized carbons (Fsp3) is 0.357. The molecule has 0 bridgehead atoms. The number of aromatic amines is 1. The number of aliphatic carboxylic acids is 2. The summed E-state index contributed by atoms with van der Waals surface area (Å²) in [5.41, 5.74) is 1.63. The van der Waals surface area contributed by atoms with E-state index in [0.717, 1.165) is 0 Å². The number of pyridine rings is 1. The first-order valence-corrected chi connectivity index (χ1v) is 13.9. The number of fused-ring (bicyclic) bond motifs is 2. The van der Waals surface area contributed by atoms with Crippen molar-refractivity contribution in [2.45, 2.75) is 18.9 Å². The third-order valence-corrected chi connectivity index (χ3v) is 6.81. The highest BCUT2D eigenvalue weighted by Crippen LogP contribution is 2.21. The van der Waals surface area contributed by atoms with Gasteiger partial charge in [-0.25, -0.2) is 4.79 Å². The molecule has 230 valence electrons. The van der Waals surface area contributed by atoms with Gasteiger partial charge in [-0.1, -0.05) is 0 Å². The highest BCUT2D eigenvalue weighted by molar-refractivity contribution is 7.80. The fourth-order valence-corrected chi connectivity index (χ4v) is 4.48. The van der Waals surface area contributed by atoms with Crippen LogP contribution in [0.5, 0.6) is 0 Å². The molecule has 0 aliphatic carbocycles. The van der Waals surface area contributed by atoms with Gasteiger partial charge in [0.25, 0.3) is 0 Å². The van der Waals surface area contributed by atoms with Crippen molar-refractivity contribution >= 4 is 75.5 Å². The molecule has 3 amide bonds. The van der Waals surface area contributed by atoms with Crippen molar-refractivity contribution in [1.82, 2.24) is 20.1 Å². The Bertz CT molecular complexity index is 1590. The van der Waals surface area contributed by atoms with E-state index in [9.17, 15) is 28.8 Å². The summed E-state index contributed by atoms with van der Waals surface area (Å²) < 4.78 is 0. The molecule has 1 unspecified atom stereocenters. The number of benzene rings is 2. The molecule has 3 aromatic rings. The standard InChI is InChI=1S/C28H34N6O8S/c1-33(13-25(37)32-22(15-43)28(41)42)9-7-23(35)29-16-3-5-18-20(11-16)31-21-12-17(4-6-19(21)27(18)40)30-24(36)8-10-34(2)14-26(38)39/h3-6,11-12,22,43H,7-10,13-15H2,1-2H3,(H,29,35)(H,30,36)(H,31,40)(H,32,37)(H,38,39)(H,41,42). The third kappa shape index (κ3) is 9.80. The lowest BCUT2D eigenvalue weighted by atomic mass is 10.1. The van der Waals surface area contributed by atoms with Crippen molar-refractivity contribution in [2.24, 2.45) is 0 Å². The van der Waals surface area contributed by atoms with E-state index in [2.05, 4.69) is 33.6 Å². The number of hydrogen-bond donors (Lipinski definition) is 7. The van der Waals surface area contributed by atoms with Crippen LogP contribution in [0.1, 0.15) is 12.8 Å². The van der Waals surface area contributed by atoms with Crippen LogP contribution in [0.25, 0.3) is 21.8 Å². The Morgan fingerprint density at radius 1 is 0.814 bits per heavy atom. The monoisotopic (exact) mass is 614 g/mol. The van der Waals surface area contributed by atoms with E-state index in [1.807, 2.05) is 0 Å². The van der Waals surface area contributed by atoms with Crippen molar-refractivity contribution in [3.8, 4) is 0 Å². The minimum Gasteiger partial charge on any atom is -0.480 e. The number of H-pyrrole nitrogens is 1. The zero-order valence-corrected chi connectivity index (χ0v) is 24.6. The van der Waals surface area contributed by atoms with Crippen LogP contribution in [0, 0.1) is 0 Å². The zero-order chi connectivity index (χ0) is 31.7. The summed E-state index contributed by atoms with van der Waals surface area (Å²) in [5.74, 6) is -3.35. The van der Waals surface area contributed by atoms with Gasteiger partial charge in [-0.15, -0.1) is 0 Å². The van der Waals surface area contributed by atoms with Crippen molar-refractivity contribution < 1.29 is 34.2 Å². The van der Waals surface area contributed by atoms with Crippen molar-refractivity contribution in [2.75, 3.05) is 56.7 Å². The summed E-state index contributed by atoms with van der Waals surface area (Å²) in [6.07, 6.45) is 0.142. The van der Waals surface area contributed by atoms with E-state index < -0.39 is 23.9 Å². The first-order valence-electron chi connectivity index (χ1n) is 13.3. The van der Waals surface area contributed by atoms with E-state index >= 15 is 0 Å². The molecule has 0 aliphatic heterocycles. The number of nitrogens with one attached hydrogen (secondary N) is 4. The molecule has 0 radical (unpaired) electrons. The van der Waals surface area contributed by atoms with Gasteiger partial charge in [0, 0.05) is 53.8 Å². The topological polar surface area (TPSA) is 201 Å². The minimum absolute atomic E-state index is 0.0483. The van der Waals surface area contributed by atoms with Gasteiger partial charge in [0.2, 0.25) is 17.7 Å². The lowest BCUT2D eigenvalue weighted by Crippen LogP contribution is -2.46. The molecule has 14 nitrogen and oxygen atoms in total. The molecule has 1 atom stereocenters. The van der Waals surface area contributed by atoms with Gasteiger partial charge in [0.1, 0.15) is 6.04 Å². The lowest BCUT2D eigenvalue weighted by Gasteiger charge is -2.18. The molecule has 6 N–H and O–H groups in total. The summed E-state index contributed by atoms with van der Waals surface area (Å²) in [6.45, 7) is 0.219. The van der Waals surface area contributed by atoms with Gasteiger partial charge in [0.05, 0.1) is 24.1 Å². The molecule has 0 saturated carbocycles. The van der Waals surface area contributed by atoms with Gasteiger partial charge in [-0.2, -0.15) is 12.6 Å². The third-order valence-electron chi connectivity index (χ3n) is 6.44. The number of nitrogens with zero attached hydrogens (tertiary/aromatic N) is 2. The molecule has 0 aliphatic rings. The second-order valence-electron chi connectivity index (χ2n) is 10.1. The SMILES string of the molecule is CN(CCC(=O)Nc1ccc2c(=O)c3ccc(NC(=O)CCN(C)CC(=O)NC(CS)C(=O)O)cc3[nH]c2c1)CC(=O)O. The average molecular weight is 615 g/mol. The second-order valence-corrected chi connectivity index (χ2v) is 10.4. The Morgan fingerprint density at radius 3 is 1.74 bits per heavy atom. The maximum absolute atomic E-state index is 13.1. The van der Waals surface area contributed by atoms with Gasteiger partial charge < -0.3 is 31.1 Å². The molecule has 0 spiro atoms. The number of rotatable bonds is 15. The summed E-state index contributed by atoms with van der Waals surface area (Å²) in [6, 6.07) is 8.58. The van der Waals surface area contributed by atoms with Gasteiger partial charge in [-0.05, 0) is 50.5 Å². The number of carbonyl (C=O) groups is 5. The number of hydrogen-bond acceptors (Lipinski definition) is 9. The quantitative estimate of drug-likeness (QED) is 0.0948. The predicted molar refractivity (Wildman–Crippen MR) is 165 cm³/mol. The second kappa shape index (κ2) is 15.1. The number of carboxylic acids is 2. The lowest BCUT2D eigenvalue weighted by molar-refractivity contribution is -0.141. The summed E-state index contributed by atoms with van der Waals surface area (Å²) in [4.78, 5) is 78.1. The first-order chi connectivity index (χ1) is 20.4. The number of amides is 3. The first kappa shape index (κ1) is 33.0. The van der Waals surface area contributed by atoms with Crippen LogP contribution in [0.2, 0.25) is 0 Å². The Morgan fingerprint density at radius 2 is 1.30 bits per heavy atom. The zero-order valence-electron chi connectivity index (χ0n) is 23.7. The maximum Gasteiger partial charge on any atom is 0.327 e. The molecule has 1 aromatic heterocycles. The van der Waals surface area contributed by atoms with Crippen LogP contribution in [-0.4, -0.2) is 107 Å². The molecule has 0 saturated heterocycles. The molecule has 1 heterocycles. The maximum atomic E-state index is 13.1. The Labute approximate surface area is 251 Å². The molecular weight excluding hydrogens is 580 g/mol. The summed E-state index contributed by atoms with van der Waals surface area (Å²) >= 11 is 3.91. The number of carbonyl (C=O) groups excluding carboxylic acids is 3. The van der Waals surface area contributed by atoms with Crippen LogP contribution in [0.3, 0.4) is 0 Å². The average Bonchev–Trinajstić information content (AvgIpc) is 2.93. The normalized spacial score (nSPS) is 11.9. The highest BCUT2D eigenvalue weighted by Gasteiger charge is 2.19. The Kier molecular flexibility index (Phi) is 11.6. The number of carboxylic acid groups (broad SMARTS) is 2. The van der Waals surface area contributed by atoms with Crippen LogP contribution in [0.4, 0.5) is 11.4 Å². The molecule has 3 rings (SSSR count). The molecule has 0 fully saturated rings. The number of thiol groups is 1. The van der Waals surface area contributed by atoms with Crippen LogP contribution in [0.15, 0.2) is 41.2 Å². The Hall–Kier alpha value is -4.47. The highest BCUT2D eigenvalue weighted by atomic mass is 32.1.